The van der Waals surface area contributed by atoms with Crippen molar-refractivity contribution in [1.82, 2.24) is 20.5 Å². The van der Waals surface area contributed by atoms with Crippen LogP contribution in [-0.2, 0) is 15.4 Å². The zero-order valence-corrected chi connectivity index (χ0v) is 22.0. The van der Waals surface area contributed by atoms with Gasteiger partial charge in [0, 0.05) is 31.9 Å². The molecule has 0 bridgehead atoms. The fourth-order valence-electron chi connectivity index (χ4n) is 4.96. The first-order valence-electron chi connectivity index (χ1n) is 12.2. The lowest BCUT2D eigenvalue weighted by Gasteiger charge is -2.29. The molecule has 12 heteroatoms. The van der Waals surface area contributed by atoms with Crippen LogP contribution in [0.5, 0.6) is 0 Å². The average molecular weight is 516 g/mol. The maximum Gasteiger partial charge on any atom is 0.234 e. The Labute approximate surface area is 221 Å². The maximum atomic E-state index is 13.8. The third-order valence-electron chi connectivity index (χ3n) is 6.95. The van der Waals surface area contributed by atoms with Crippen molar-refractivity contribution in [2.75, 3.05) is 6.54 Å². The number of hydrogen-bond donors (Lipinski definition) is 2. The number of aromatic nitrogens is 2. The highest BCUT2D eigenvalue weighted by molar-refractivity contribution is 7.13. The maximum absolute atomic E-state index is 13.8. The number of hydrogen-bond acceptors (Lipinski definition) is 9. The van der Waals surface area contributed by atoms with Gasteiger partial charge in [0.1, 0.15) is 24.7 Å². The second-order valence-electron chi connectivity index (χ2n) is 9.97. The first-order valence-corrected chi connectivity index (χ1v) is 13.1. The van der Waals surface area contributed by atoms with Crippen molar-refractivity contribution in [3.8, 4) is 10.4 Å². The van der Waals surface area contributed by atoms with Crippen molar-refractivity contribution in [2.45, 2.75) is 57.9 Å². The van der Waals surface area contributed by atoms with Crippen LogP contribution < -0.4 is 11.1 Å². The number of nitrogens with one attached hydrogen (secondary N) is 1. The molecule has 2 aliphatic heterocycles. The SMILES string of the molecule is [B][B]c1cc(C(C(=O)N2C[C@H](O)C[C@H]2C2=NC(C)(c3ccc(-c4scnc4C)cc3)ON2)C(C)C)on1. The molecule has 9 nitrogen and oxygen atoms in total. The number of hydroxylamine groups is 1. The summed E-state index contributed by atoms with van der Waals surface area (Å²) in [5, 5.41) is 14.4. The van der Waals surface area contributed by atoms with Crippen LogP contribution >= 0.6 is 11.3 Å². The number of carbonyl (C=O) groups excluding carboxylic acids is 1. The predicted molar refractivity (Wildman–Crippen MR) is 143 cm³/mol. The van der Waals surface area contributed by atoms with E-state index in [0.717, 1.165) is 21.7 Å². The number of likely N-dealkylation sites (tertiary alicyclic amines) is 1. The normalized spacial score (nSPS) is 24.3. The van der Waals surface area contributed by atoms with Crippen molar-refractivity contribution < 1.29 is 19.3 Å². The van der Waals surface area contributed by atoms with E-state index in [4.69, 9.17) is 22.1 Å². The molecule has 1 fully saturated rings. The van der Waals surface area contributed by atoms with Gasteiger partial charge in [-0.3, -0.25) is 4.79 Å². The predicted octanol–water partition coefficient (Wildman–Crippen LogP) is 2.03. The number of aliphatic hydroxyl groups excluding tert-OH is 1. The molecule has 2 unspecified atom stereocenters. The lowest BCUT2D eigenvalue weighted by Crippen LogP contribution is -2.46. The van der Waals surface area contributed by atoms with Gasteiger partial charge in [-0.05, 0) is 31.4 Å². The fourth-order valence-corrected chi connectivity index (χ4v) is 5.77. The molecule has 0 saturated carbocycles. The minimum atomic E-state index is -0.979. The number of rotatable bonds is 7. The molecule has 0 spiro atoms. The van der Waals surface area contributed by atoms with Gasteiger partial charge in [0.25, 0.3) is 0 Å². The van der Waals surface area contributed by atoms with Crippen LogP contribution in [0.3, 0.4) is 0 Å². The van der Waals surface area contributed by atoms with Gasteiger partial charge >= 0.3 is 0 Å². The molecule has 4 heterocycles. The lowest BCUT2D eigenvalue weighted by atomic mass is 9.53. The number of thiazole rings is 1. The summed E-state index contributed by atoms with van der Waals surface area (Å²) in [7, 11) is 6.89. The highest BCUT2D eigenvalue weighted by Gasteiger charge is 2.45. The van der Waals surface area contributed by atoms with E-state index in [9.17, 15) is 9.90 Å². The molecular weight excluding hydrogens is 488 g/mol. The van der Waals surface area contributed by atoms with Crippen molar-refractivity contribution in [3.63, 3.8) is 0 Å². The highest BCUT2D eigenvalue weighted by Crippen LogP contribution is 2.36. The molecule has 4 atom stereocenters. The molecule has 2 N–H and O–H groups in total. The summed E-state index contributed by atoms with van der Waals surface area (Å²) in [6, 6.07) is 9.25. The Morgan fingerprint density at radius 2 is 2.11 bits per heavy atom. The molecule has 3 aromatic rings. The molecule has 189 valence electrons. The molecular formula is C25H28B2N5O4S. The molecule has 5 rings (SSSR count). The zero-order valence-electron chi connectivity index (χ0n) is 21.2. The minimum absolute atomic E-state index is 0.0647. The molecule has 1 aromatic carbocycles. The number of nitrogens with zero attached hydrogens (tertiary/aromatic N) is 4. The van der Waals surface area contributed by atoms with Gasteiger partial charge < -0.3 is 14.5 Å². The quantitative estimate of drug-likeness (QED) is 0.463. The van der Waals surface area contributed by atoms with Gasteiger partial charge in [0.2, 0.25) is 11.6 Å². The van der Waals surface area contributed by atoms with Crippen LogP contribution in [0.2, 0.25) is 0 Å². The number of β-amino-alcohol motifs (C(OH)–C–C–N with tert-alkyl or cyclic N) is 1. The van der Waals surface area contributed by atoms with Crippen LogP contribution in [-0.4, -0.2) is 65.5 Å². The van der Waals surface area contributed by atoms with Crippen molar-refractivity contribution in [1.29, 1.82) is 0 Å². The molecule has 0 aliphatic carbocycles. The smallest absolute Gasteiger partial charge is 0.234 e. The van der Waals surface area contributed by atoms with Gasteiger partial charge in [0.05, 0.1) is 28.2 Å². The third kappa shape index (κ3) is 4.85. The van der Waals surface area contributed by atoms with Crippen LogP contribution in [0, 0.1) is 12.8 Å². The topological polar surface area (TPSA) is 113 Å². The molecule has 37 heavy (non-hydrogen) atoms. The molecule has 1 saturated heterocycles. The fraction of sp³-hybridized carbons (Fsp3) is 0.440. The van der Waals surface area contributed by atoms with Gasteiger partial charge in [-0.15, -0.1) is 11.3 Å². The number of benzene rings is 1. The molecule has 2 aromatic heterocycles. The first-order chi connectivity index (χ1) is 17.7. The summed E-state index contributed by atoms with van der Waals surface area (Å²) in [6.07, 6.45) is -0.327. The number of aryl methyl sites for hydroxylation is 1. The van der Waals surface area contributed by atoms with E-state index in [1.807, 2.05) is 57.5 Å². The largest absolute Gasteiger partial charge is 0.391 e. The van der Waals surface area contributed by atoms with Crippen molar-refractivity contribution in [2.24, 2.45) is 10.9 Å². The van der Waals surface area contributed by atoms with Gasteiger partial charge in [-0.25, -0.2) is 20.3 Å². The average Bonchev–Trinajstić information content (AvgIpc) is 3.66. The zero-order chi connectivity index (χ0) is 26.3. The first kappa shape index (κ1) is 25.7. The number of amidine groups is 1. The van der Waals surface area contributed by atoms with E-state index in [1.54, 1.807) is 22.3 Å². The Hall–Kier alpha value is -2.95. The summed E-state index contributed by atoms with van der Waals surface area (Å²) in [4.78, 5) is 31.7. The van der Waals surface area contributed by atoms with E-state index in [0.29, 0.717) is 23.6 Å². The van der Waals surface area contributed by atoms with Gasteiger partial charge in [-0.1, -0.05) is 43.3 Å². The summed E-state index contributed by atoms with van der Waals surface area (Å²) in [6.45, 7) is 7.94. The summed E-state index contributed by atoms with van der Waals surface area (Å²) >= 11 is 1.60. The Balaban J connectivity index is 1.39. The van der Waals surface area contributed by atoms with Crippen molar-refractivity contribution >= 4 is 43.6 Å². The number of aliphatic hydroxyl groups is 1. The van der Waals surface area contributed by atoms with E-state index >= 15 is 0 Å². The van der Waals surface area contributed by atoms with Crippen LogP contribution in [0.4, 0.5) is 0 Å². The monoisotopic (exact) mass is 516 g/mol. The Bertz CT molecular complexity index is 1310. The molecule has 2 aliphatic rings. The standard InChI is InChI=1S/C25H28B2N5O4S/c1-13(2)21(19-10-20(27-26)30-35-19)24(34)32-11-17(33)9-18(32)23-29-25(4,36-31-23)16-7-5-15(6-8-16)22-14(3)28-12-37-22/h5-8,10,12-13,17-18,21,33H,9,11H2,1-4H3,(H,29,31)/t17-,18+,21?,25?/m1/s1. The summed E-state index contributed by atoms with van der Waals surface area (Å²) in [5.41, 5.74) is 7.22. The second-order valence-corrected chi connectivity index (χ2v) is 10.8. The number of aliphatic imine (C=N–C) groups is 1. The van der Waals surface area contributed by atoms with Gasteiger partial charge in [-0.2, -0.15) is 0 Å². The Morgan fingerprint density at radius 3 is 2.73 bits per heavy atom. The van der Waals surface area contributed by atoms with Crippen LogP contribution in [0.1, 0.15) is 50.1 Å². The van der Waals surface area contributed by atoms with E-state index < -0.39 is 23.8 Å². The highest BCUT2D eigenvalue weighted by atomic mass is 32.1. The lowest BCUT2D eigenvalue weighted by molar-refractivity contribution is -0.134. The number of carbonyl (C=O) groups is 1. The van der Waals surface area contributed by atoms with E-state index in [-0.39, 0.29) is 18.4 Å². The van der Waals surface area contributed by atoms with Crippen molar-refractivity contribution in [3.05, 3.63) is 52.9 Å². The third-order valence-corrected chi connectivity index (χ3v) is 7.93. The molecule has 3 radical (unpaired) electrons. The molecule has 1 amide bonds. The second kappa shape index (κ2) is 10.1. The minimum Gasteiger partial charge on any atom is -0.391 e. The number of amides is 1. The Morgan fingerprint density at radius 1 is 1.35 bits per heavy atom. The van der Waals surface area contributed by atoms with E-state index in [2.05, 4.69) is 15.6 Å². The summed E-state index contributed by atoms with van der Waals surface area (Å²) < 4.78 is 5.44. The Kier molecular flexibility index (Phi) is 6.99. The summed E-state index contributed by atoms with van der Waals surface area (Å²) in [5.74, 6) is 0.135. The van der Waals surface area contributed by atoms with Crippen LogP contribution in [0.25, 0.3) is 10.4 Å². The van der Waals surface area contributed by atoms with Crippen LogP contribution in [0.15, 0.2) is 45.4 Å². The van der Waals surface area contributed by atoms with Gasteiger partial charge in [0.15, 0.2) is 0 Å². The van der Waals surface area contributed by atoms with E-state index in [1.165, 1.54) is 7.17 Å².